The van der Waals surface area contributed by atoms with Crippen LogP contribution in [0.3, 0.4) is 0 Å². The molecule has 0 fully saturated rings. The highest BCUT2D eigenvalue weighted by molar-refractivity contribution is 5.81. The molecule has 8 nitrogen and oxygen atoms in total. The lowest BCUT2D eigenvalue weighted by Crippen LogP contribution is -2.43. The number of carbonyl (C=O) groups excluding carboxylic acids is 1. The van der Waals surface area contributed by atoms with Crippen molar-refractivity contribution in [1.82, 2.24) is 5.32 Å². The molecule has 0 heterocycles. The molecule has 1 atom stereocenters. The molecule has 0 radical (unpaired) electrons. The number of benzene rings is 3. The van der Waals surface area contributed by atoms with Crippen molar-refractivity contribution < 1.29 is 33.6 Å². The molecular formula is C27H27NO7. The Kier molecular flexibility index (Phi) is 7.10. The number of methoxy groups -OCH3 is 3. The molecule has 1 unspecified atom stereocenters. The van der Waals surface area contributed by atoms with E-state index in [0.717, 1.165) is 22.3 Å². The van der Waals surface area contributed by atoms with Gasteiger partial charge in [-0.2, -0.15) is 0 Å². The van der Waals surface area contributed by atoms with Gasteiger partial charge in [0, 0.05) is 30.0 Å². The van der Waals surface area contributed by atoms with Crippen molar-refractivity contribution in [3.63, 3.8) is 0 Å². The molecule has 1 aliphatic carbocycles. The Labute approximate surface area is 203 Å². The van der Waals surface area contributed by atoms with Gasteiger partial charge in [0.1, 0.15) is 29.9 Å². The molecule has 0 saturated carbocycles. The van der Waals surface area contributed by atoms with Gasteiger partial charge in [0.05, 0.1) is 21.3 Å². The maximum atomic E-state index is 12.7. The van der Waals surface area contributed by atoms with Crippen LogP contribution in [0.15, 0.2) is 60.7 Å². The fourth-order valence-corrected chi connectivity index (χ4v) is 4.47. The largest absolute Gasteiger partial charge is 0.496 e. The molecule has 182 valence electrons. The minimum Gasteiger partial charge on any atom is -0.496 e. The zero-order valence-corrected chi connectivity index (χ0v) is 19.7. The minimum atomic E-state index is -1.26. The van der Waals surface area contributed by atoms with Crippen LogP contribution in [-0.2, 0) is 16.0 Å². The van der Waals surface area contributed by atoms with E-state index >= 15 is 0 Å². The Hall–Kier alpha value is -4.20. The van der Waals surface area contributed by atoms with Crippen molar-refractivity contribution >= 4 is 12.1 Å². The number of carboxylic acid groups (broad SMARTS) is 1. The van der Waals surface area contributed by atoms with Gasteiger partial charge < -0.3 is 29.4 Å². The van der Waals surface area contributed by atoms with E-state index in [9.17, 15) is 14.7 Å². The van der Waals surface area contributed by atoms with Crippen LogP contribution in [0.5, 0.6) is 17.2 Å². The van der Waals surface area contributed by atoms with E-state index in [2.05, 4.69) is 5.32 Å². The van der Waals surface area contributed by atoms with Crippen molar-refractivity contribution in [3.05, 3.63) is 77.4 Å². The number of ether oxygens (including phenoxy) is 4. The van der Waals surface area contributed by atoms with Crippen molar-refractivity contribution in [2.75, 3.05) is 27.9 Å². The maximum Gasteiger partial charge on any atom is 0.407 e. The molecule has 3 aromatic carbocycles. The smallest absolute Gasteiger partial charge is 0.407 e. The molecule has 3 aromatic rings. The first-order chi connectivity index (χ1) is 17.0. The Morgan fingerprint density at radius 1 is 0.886 bits per heavy atom. The fourth-order valence-electron chi connectivity index (χ4n) is 4.47. The predicted molar refractivity (Wildman–Crippen MR) is 129 cm³/mol. The Balaban J connectivity index is 1.48. The quantitative estimate of drug-likeness (QED) is 0.475. The Morgan fingerprint density at radius 2 is 1.43 bits per heavy atom. The lowest BCUT2D eigenvalue weighted by molar-refractivity contribution is -0.139. The van der Waals surface area contributed by atoms with Gasteiger partial charge in [-0.05, 0) is 22.3 Å². The van der Waals surface area contributed by atoms with Crippen molar-refractivity contribution in [1.29, 1.82) is 0 Å². The van der Waals surface area contributed by atoms with Crippen LogP contribution in [0.4, 0.5) is 4.79 Å². The number of rotatable bonds is 9. The van der Waals surface area contributed by atoms with Gasteiger partial charge in [-0.1, -0.05) is 48.5 Å². The molecule has 2 N–H and O–H groups in total. The number of nitrogens with one attached hydrogen (secondary N) is 1. The molecule has 0 bridgehead atoms. The molecule has 0 aromatic heterocycles. The lowest BCUT2D eigenvalue weighted by atomic mass is 9.98. The lowest BCUT2D eigenvalue weighted by Gasteiger charge is -2.20. The van der Waals surface area contributed by atoms with Crippen molar-refractivity contribution in [2.24, 2.45) is 0 Å². The summed E-state index contributed by atoms with van der Waals surface area (Å²) in [6.45, 7) is 0.0847. The molecule has 0 aliphatic heterocycles. The summed E-state index contributed by atoms with van der Waals surface area (Å²) >= 11 is 0. The summed E-state index contributed by atoms with van der Waals surface area (Å²) in [6.07, 6.45) is -0.888. The first-order valence-electron chi connectivity index (χ1n) is 11.1. The number of carboxylic acids is 1. The van der Waals surface area contributed by atoms with Crippen LogP contribution in [0.1, 0.15) is 22.6 Å². The van der Waals surface area contributed by atoms with Crippen LogP contribution in [0.2, 0.25) is 0 Å². The molecule has 1 amide bonds. The van der Waals surface area contributed by atoms with Gasteiger partial charge in [0.25, 0.3) is 0 Å². The van der Waals surface area contributed by atoms with E-state index in [-0.39, 0.29) is 18.9 Å². The van der Waals surface area contributed by atoms with Gasteiger partial charge >= 0.3 is 12.1 Å². The predicted octanol–water partition coefficient (Wildman–Crippen LogP) is 4.25. The van der Waals surface area contributed by atoms with Gasteiger partial charge in [-0.3, -0.25) is 0 Å². The number of carbonyl (C=O) groups is 2. The van der Waals surface area contributed by atoms with Crippen LogP contribution < -0.4 is 19.5 Å². The summed E-state index contributed by atoms with van der Waals surface area (Å²) < 4.78 is 21.5. The highest BCUT2D eigenvalue weighted by Crippen LogP contribution is 2.44. The average Bonchev–Trinajstić information content (AvgIpc) is 3.20. The average molecular weight is 478 g/mol. The molecule has 4 rings (SSSR count). The van der Waals surface area contributed by atoms with Crippen LogP contribution in [0, 0.1) is 0 Å². The van der Waals surface area contributed by atoms with Crippen molar-refractivity contribution in [3.8, 4) is 28.4 Å². The standard InChI is InChI=1S/C27H27NO7/c1-32-16-12-24(33-2)21(25(13-16)34-3)14-23(26(29)30)28-27(31)35-15-22-19-10-6-4-8-17(19)18-9-5-7-11-20(18)22/h4-13,22-23H,14-15H2,1-3H3,(H,28,31)(H,29,30). The molecule has 0 spiro atoms. The molecule has 0 saturated heterocycles. The summed E-state index contributed by atoms with van der Waals surface area (Å²) in [4.78, 5) is 24.6. The number of alkyl carbamates (subject to hydrolysis) is 1. The third kappa shape index (κ3) is 4.87. The van der Waals surface area contributed by atoms with Gasteiger partial charge in [-0.15, -0.1) is 0 Å². The third-order valence-corrected chi connectivity index (χ3v) is 6.16. The van der Waals surface area contributed by atoms with Crippen molar-refractivity contribution in [2.45, 2.75) is 18.4 Å². The van der Waals surface area contributed by atoms with Gasteiger partial charge in [0.2, 0.25) is 0 Å². The topological polar surface area (TPSA) is 103 Å². The highest BCUT2D eigenvalue weighted by atomic mass is 16.5. The number of amides is 1. The molecular weight excluding hydrogens is 450 g/mol. The summed E-state index contributed by atoms with van der Waals surface area (Å²) in [5.41, 5.74) is 4.86. The number of fused-ring (bicyclic) bond motifs is 3. The Morgan fingerprint density at radius 3 is 1.91 bits per heavy atom. The Bertz CT molecular complexity index is 1170. The highest BCUT2D eigenvalue weighted by Gasteiger charge is 2.30. The van der Waals surface area contributed by atoms with E-state index in [1.807, 2.05) is 48.5 Å². The fraction of sp³-hybridized carbons (Fsp3) is 0.259. The van der Waals surface area contributed by atoms with Crippen LogP contribution in [-0.4, -0.2) is 51.1 Å². The summed E-state index contributed by atoms with van der Waals surface area (Å²) in [5.74, 6) is -0.0565. The third-order valence-electron chi connectivity index (χ3n) is 6.16. The zero-order chi connectivity index (χ0) is 24.9. The zero-order valence-electron chi connectivity index (χ0n) is 19.7. The second kappa shape index (κ2) is 10.4. The molecule has 35 heavy (non-hydrogen) atoms. The molecule has 1 aliphatic rings. The van der Waals surface area contributed by atoms with E-state index in [1.54, 1.807) is 12.1 Å². The summed E-state index contributed by atoms with van der Waals surface area (Å²) in [5, 5.41) is 12.2. The maximum absolute atomic E-state index is 12.7. The summed E-state index contributed by atoms with van der Waals surface area (Å²) in [6, 6.07) is 18.0. The number of hydrogen-bond acceptors (Lipinski definition) is 6. The van der Waals surface area contributed by atoms with E-state index < -0.39 is 18.1 Å². The van der Waals surface area contributed by atoms with E-state index in [1.165, 1.54) is 21.3 Å². The normalized spacial score (nSPS) is 12.8. The SMILES string of the molecule is COc1cc(OC)c(CC(NC(=O)OCC2c3ccccc3-c3ccccc32)C(=O)O)c(OC)c1. The monoisotopic (exact) mass is 477 g/mol. The summed E-state index contributed by atoms with van der Waals surface area (Å²) in [7, 11) is 4.44. The van der Waals surface area contributed by atoms with Crippen LogP contribution >= 0.6 is 0 Å². The first kappa shape index (κ1) is 23.9. The minimum absolute atomic E-state index is 0.0735. The number of hydrogen-bond donors (Lipinski definition) is 2. The van der Waals surface area contributed by atoms with Crippen LogP contribution in [0.25, 0.3) is 11.1 Å². The second-order valence-electron chi connectivity index (χ2n) is 8.08. The van der Waals surface area contributed by atoms with Gasteiger partial charge in [-0.25, -0.2) is 9.59 Å². The van der Waals surface area contributed by atoms with E-state index in [0.29, 0.717) is 22.8 Å². The van der Waals surface area contributed by atoms with E-state index in [4.69, 9.17) is 18.9 Å². The molecule has 8 heteroatoms. The second-order valence-corrected chi connectivity index (χ2v) is 8.08. The number of aliphatic carboxylic acids is 1. The van der Waals surface area contributed by atoms with Gasteiger partial charge in [0.15, 0.2) is 0 Å². The first-order valence-corrected chi connectivity index (χ1v) is 11.1.